The van der Waals surface area contributed by atoms with Gasteiger partial charge in [-0.2, -0.15) is 4.72 Å². The van der Waals surface area contributed by atoms with Crippen molar-refractivity contribution in [3.63, 3.8) is 0 Å². The second-order valence-corrected chi connectivity index (χ2v) is 17.0. The molecule has 2 saturated heterocycles. The summed E-state index contributed by atoms with van der Waals surface area (Å²) < 4.78 is 38.3. The predicted octanol–water partition coefficient (Wildman–Crippen LogP) is 5.55. The van der Waals surface area contributed by atoms with E-state index < -0.39 is 21.6 Å². The number of halogens is 1. The molecule has 0 amide bonds. The first-order valence-electron chi connectivity index (χ1n) is 15.9. The highest BCUT2D eigenvalue weighted by atomic mass is 79.9. The second kappa shape index (κ2) is 13.9. The summed E-state index contributed by atoms with van der Waals surface area (Å²) >= 11 is 3.50. The number of pyridine rings is 1. The quantitative estimate of drug-likeness (QED) is 0.382. The fourth-order valence-corrected chi connectivity index (χ4v) is 9.19. The fourth-order valence-electron chi connectivity index (χ4n) is 7.29. The van der Waals surface area contributed by atoms with Gasteiger partial charge in [-0.25, -0.2) is 8.42 Å². The Morgan fingerprint density at radius 3 is 2.53 bits per heavy atom. The van der Waals surface area contributed by atoms with Crippen LogP contribution in [0.25, 0.3) is 0 Å². The Labute approximate surface area is 267 Å². The van der Waals surface area contributed by atoms with Gasteiger partial charge in [0, 0.05) is 54.4 Å². The summed E-state index contributed by atoms with van der Waals surface area (Å²) in [5.74, 6) is 0.319. The van der Waals surface area contributed by atoms with E-state index in [-0.39, 0.29) is 23.7 Å². The van der Waals surface area contributed by atoms with Gasteiger partial charge in [-0.1, -0.05) is 45.4 Å². The number of sulfonamides is 1. The first-order chi connectivity index (χ1) is 20.4. The molecule has 0 radical (unpaired) electrons. The Hall–Kier alpha value is -1.40. The number of nitrogens with one attached hydrogen (secondary N) is 3. The summed E-state index contributed by atoms with van der Waals surface area (Å²) in [5.41, 5.74) is 4.80. The van der Waals surface area contributed by atoms with E-state index in [0.29, 0.717) is 31.8 Å². The first-order valence-corrected chi connectivity index (χ1v) is 18.3. The normalized spacial score (nSPS) is 30.6. The standard InChI is InChI=1S/C33H50BrN5O3S/c1-22-8-6-9-23(2)31(22)29-17-30-37-32(36-29)38-43(40,41)28-11-7-10-24(16-28)20-39(27(21-42-30)18-33(3,4)5)15-14-26-13-12-25(34)19-35-26/h6,8-9,12-13,19,24,27-30,32,36-38H,7,10-11,14-18,20-21H2,1-5H3/t24?,27-,28?,29?,30?,32?/m1/s1. The molecule has 3 heterocycles. The average molecular weight is 677 g/mol. The number of nitrogens with zero attached hydrogens (tertiary/aromatic N) is 2. The number of ether oxygens (including phenoxy) is 1. The van der Waals surface area contributed by atoms with Crippen molar-refractivity contribution in [3.8, 4) is 0 Å². The molecule has 0 spiro atoms. The SMILES string of the molecule is Cc1cccc(C)c1C1CC2NC(N1)NS(=O)(=O)C1CCCC(C1)CN(CCc1ccc(Br)cn1)[C@H](CC(C)(C)C)CO2. The highest BCUT2D eigenvalue weighted by molar-refractivity contribution is 9.10. The lowest BCUT2D eigenvalue weighted by atomic mass is 9.85. The minimum Gasteiger partial charge on any atom is -0.362 e. The molecule has 4 bridgehead atoms. The van der Waals surface area contributed by atoms with Gasteiger partial charge < -0.3 is 4.74 Å². The summed E-state index contributed by atoms with van der Waals surface area (Å²) in [6.45, 7) is 13.5. The van der Waals surface area contributed by atoms with Crippen molar-refractivity contribution in [1.82, 2.24) is 25.2 Å². The van der Waals surface area contributed by atoms with E-state index in [1.54, 1.807) is 0 Å². The van der Waals surface area contributed by atoms with E-state index in [4.69, 9.17) is 4.74 Å². The summed E-state index contributed by atoms with van der Waals surface area (Å²) in [6.07, 6.45) is 6.87. The molecule has 6 atom stereocenters. The zero-order valence-electron chi connectivity index (χ0n) is 26.4. The van der Waals surface area contributed by atoms with Crippen LogP contribution in [-0.2, 0) is 21.2 Å². The van der Waals surface area contributed by atoms with Crippen molar-refractivity contribution >= 4 is 26.0 Å². The third-order valence-electron chi connectivity index (χ3n) is 9.31. The molecule has 2 aliphatic heterocycles. The summed E-state index contributed by atoms with van der Waals surface area (Å²) in [7, 11) is -3.55. The van der Waals surface area contributed by atoms with Crippen LogP contribution in [0.5, 0.6) is 0 Å². The zero-order chi connectivity index (χ0) is 30.8. The van der Waals surface area contributed by atoms with E-state index in [1.165, 1.54) is 16.7 Å². The molecule has 3 N–H and O–H groups in total. The van der Waals surface area contributed by atoms with Crippen LogP contribution in [-0.4, -0.2) is 61.8 Å². The van der Waals surface area contributed by atoms with E-state index in [0.717, 1.165) is 48.9 Å². The Kier molecular flexibility index (Phi) is 10.7. The molecule has 43 heavy (non-hydrogen) atoms. The van der Waals surface area contributed by atoms with Crippen LogP contribution in [0, 0.1) is 25.2 Å². The van der Waals surface area contributed by atoms with Gasteiger partial charge in [0.15, 0.2) is 0 Å². The molecule has 238 valence electrons. The minimum absolute atomic E-state index is 0.0370. The van der Waals surface area contributed by atoms with Gasteiger partial charge in [-0.05, 0) is 95.6 Å². The number of aryl methyl sites for hydroxylation is 2. The van der Waals surface area contributed by atoms with E-state index in [9.17, 15) is 8.42 Å². The number of fused-ring (bicyclic) bond motifs is 4. The Bertz CT molecular complexity index is 1310. The largest absolute Gasteiger partial charge is 0.362 e. The molecule has 3 aliphatic rings. The zero-order valence-corrected chi connectivity index (χ0v) is 28.8. The third-order valence-corrected chi connectivity index (χ3v) is 11.6. The lowest BCUT2D eigenvalue weighted by Crippen LogP contribution is -2.64. The third kappa shape index (κ3) is 8.87. The highest BCUT2D eigenvalue weighted by Crippen LogP contribution is 2.34. The Morgan fingerprint density at radius 1 is 1.07 bits per heavy atom. The van der Waals surface area contributed by atoms with Crippen molar-refractivity contribution in [3.05, 3.63) is 63.4 Å². The molecular formula is C33H50BrN5O3S. The van der Waals surface area contributed by atoms with Gasteiger partial charge in [0.05, 0.1) is 11.9 Å². The molecule has 1 saturated carbocycles. The average Bonchev–Trinajstić information content (AvgIpc) is 2.93. The van der Waals surface area contributed by atoms with E-state index in [2.05, 4.69) is 100 Å². The number of hydrogen-bond donors (Lipinski definition) is 3. The summed E-state index contributed by atoms with van der Waals surface area (Å²) in [4.78, 5) is 7.23. The van der Waals surface area contributed by atoms with Crippen molar-refractivity contribution in [2.75, 3.05) is 19.7 Å². The number of hydrogen-bond acceptors (Lipinski definition) is 7. The van der Waals surface area contributed by atoms with Gasteiger partial charge >= 0.3 is 0 Å². The van der Waals surface area contributed by atoms with Crippen LogP contribution in [0.2, 0.25) is 0 Å². The molecule has 5 rings (SSSR count). The maximum atomic E-state index is 13.8. The van der Waals surface area contributed by atoms with Crippen molar-refractivity contribution < 1.29 is 13.2 Å². The number of aromatic nitrogens is 1. The highest BCUT2D eigenvalue weighted by Gasteiger charge is 2.39. The van der Waals surface area contributed by atoms with Crippen molar-refractivity contribution in [2.45, 2.75) is 109 Å². The minimum atomic E-state index is -3.55. The predicted molar refractivity (Wildman–Crippen MR) is 176 cm³/mol. The molecule has 5 unspecified atom stereocenters. The van der Waals surface area contributed by atoms with Gasteiger partial charge in [0.2, 0.25) is 10.0 Å². The molecule has 1 aromatic heterocycles. The Balaban J connectivity index is 1.46. The lowest BCUT2D eigenvalue weighted by molar-refractivity contribution is -0.0499. The molecular weight excluding hydrogens is 626 g/mol. The van der Waals surface area contributed by atoms with Gasteiger partial charge in [0.25, 0.3) is 0 Å². The van der Waals surface area contributed by atoms with Gasteiger partial charge in [-0.3, -0.25) is 20.5 Å². The monoisotopic (exact) mass is 675 g/mol. The molecule has 2 aromatic rings. The van der Waals surface area contributed by atoms with Crippen molar-refractivity contribution in [2.24, 2.45) is 11.3 Å². The van der Waals surface area contributed by atoms with Gasteiger partial charge in [0.1, 0.15) is 12.5 Å². The van der Waals surface area contributed by atoms with Crippen molar-refractivity contribution in [1.29, 1.82) is 0 Å². The molecule has 3 fully saturated rings. The number of rotatable bonds is 5. The fraction of sp³-hybridized carbons (Fsp3) is 0.667. The van der Waals surface area contributed by atoms with Crippen LogP contribution >= 0.6 is 15.9 Å². The summed E-state index contributed by atoms with van der Waals surface area (Å²) in [5, 5.41) is 6.65. The molecule has 10 heteroatoms. The van der Waals surface area contributed by atoms with Crippen LogP contribution in [0.15, 0.2) is 41.0 Å². The topological polar surface area (TPSA) is 95.6 Å². The van der Waals surface area contributed by atoms with E-state index >= 15 is 0 Å². The van der Waals surface area contributed by atoms with Crippen LogP contribution in [0.1, 0.15) is 87.7 Å². The first kappa shape index (κ1) is 33.0. The van der Waals surface area contributed by atoms with Gasteiger partial charge in [-0.15, -0.1) is 0 Å². The summed E-state index contributed by atoms with van der Waals surface area (Å²) in [6, 6.07) is 10.6. The van der Waals surface area contributed by atoms with Crippen LogP contribution in [0.3, 0.4) is 0 Å². The maximum absolute atomic E-state index is 13.8. The van der Waals surface area contributed by atoms with Crippen LogP contribution in [0.4, 0.5) is 0 Å². The van der Waals surface area contributed by atoms with E-state index in [1.807, 2.05) is 12.3 Å². The lowest BCUT2D eigenvalue weighted by Gasteiger charge is -2.41. The second-order valence-electron chi connectivity index (χ2n) is 14.1. The van der Waals surface area contributed by atoms with Crippen LogP contribution < -0.4 is 15.4 Å². The molecule has 8 nitrogen and oxygen atoms in total. The Morgan fingerprint density at radius 2 is 1.84 bits per heavy atom. The molecule has 1 aliphatic carbocycles. The number of benzene rings is 1. The smallest absolute Gasteiger partial charge is 0.216 e. The molecule has 1 aromatic carbocycles. The maximum Gasteiger partial charge on any atom is 0.216 e.